The zero-order valence-corrected chi connectivity index (χ0v) is 44.0. The van der Waals surface area contributed by atoms with Gasteiger partial charge in [0.05, 0.1) is 19.0 Å². The number of nitrogens with zero attached hydrogens (tertiary/aromatic N) is 2. The number of primary amides is 3. The lowest BCUT2D eigenvalue weighted by atomic mass is 9.96. The van der Waals surface area contributed by atoms with Crippen molar-refractivity contribution in [3.8, 4) is 5.75 Å². The molecule has 2 aliphatic rings. The van der Waals surface area contributed by atoms with Gasteiger partial charge in [-0.3, -0.25) is 62.5 Å². The Balaban J connectivity index is 0.00000476. The first-order chi connectivity index (χ1) is 35.7. The van der Waals surface area contributed by atoms with Crippen molar-refractivity contribution in [3.63, 3.8) is 0 Å². The summed E-state index contributed by atoms with van der Waals surface area (Å²) in [5, 5.41) is 35.0. The molecule has 0 saturated carbocycles. The van der Waals surface area contributed by atoms with Crippen molar-refractivity contribution < 1.29 is 67.7 Å². The number of likely N-dealkylation sites (tertiary alicyclic amines) is 1. The number of nitrogens with one attached hydrogen (secondary N) is 7. The Morgan fingerprint density at radius 3 is 1.99 bits per heavy atom. The molecule has 2 saturated heterocycles. The van der Waals surface area contributed by atoms with Crippen molar-refractivity contribution in [2.75, 3.05) is 31.1 Å². The number of phenols is 1. The average Bonchev–Trinajstić information content (AvgIpc) is 3.84. The lowest BCUT2D eigenvalue weighted by Gasteiger charge is -2.31. The number of nitrogens with two attached hydrogens (primary N) is 6. The minimum absolute atomic E-state index is 0.00520. The van der Waals surface area contributed by atoms with Crippen molar-refractivity contribution in [2.24, 2.45) is 45.3 Å². The van der Waals surface area contributed by atoms with Crippen LogP contribution in [0.25, 0.3) is 0 Å². The number of carboxylic acid groups (broad SMARTS) is 1. The van der Waals surface area contributed by atoms with E-state index >= 15 is 0 Å². The molecule has 11 amide bonds. The largest absolute Gasteiger partial charge is 0.508 e. The monoisotopic (exact) mass is 1110 g/mol. The van der Waals surface area contributed by atoms with E-state index in [9.17, 15) is 57.8 Å². The second-order valence-electron chi connectivity index (χ2n) is 17.7. The fraction of sp³-hybridized carbons (Fsp3) is 0.578. The molecule has 1 aromatic rings. The van der Waals surface area contributed by atoms with Crippen LogP contribution in [0.1, 0.15) is 77.7 Å². The molecule has 0 aliphatic carbocycles. The highest BCUT2D eigenvalue weighted by atomic mass is 33.1. The van der Waals surface area contributed by atoms with E-state index in [2.05, 4.69) is 42.2 Å². The van der Waals surface area contributed by atoms with Crippen molar-refractivity contribution in [3.05, 3.63) is 29.8 Å². The highest BCUT2D eigenvalue weighted by molar-refractivity contribution is 8.76. The van der Waals surface area contributed by atoms with Crippen molar-refractivity contribution in [1.29, 1.82) is 0 Å². The second-order valence-corrected chi connectivity index (χ2v) is 20.3. The summed E-state index contributed by atoms with van der Waals surface area (Å²) >= 11 is 0. The number of aromatic hydroxyl groups is 1. The third kappa shape index (κ3) is 23.4. The van der Waals surface area contributed by atoms with Gasteiger partial charge in [0.1, 0.15) is 48.0 Å². The van der Waals surface area contributed by atoms with Gasteiger partial charge in [-0.15, -0.1) is 0 Å². The molecule has 76 heavy (non-hydrogen) atoms. The van der Waals surface area contributed by atoms with Gasteiger partial charge in [-0.1, -0.05) is 54.0 Å². The van der Waals surface area contributed by atoms with E-state index in [4.69, 9.17) is 44.3 Å². The molecule has 2 fully saturated rings. The van der Waals surface area contributed by atoms with E-state index in [1.807, 2.05) is 0 Å². The molecule has 422 valence electrons. The number of rotatable bonds is 19. The number of amides is 11. The molecule has 0 bridgehead atoms. The van der Waals surface area contributed by atoms with Gasteiger partial charge >= 0.3 is 0 Å². The number of aliphatic carboxylic acids is 1. The minimum Gasteiger partial charge on any atom is -0.508 e. The van der Waals surface area contributed by atoms with Gasteiger partial charge in [-0.25, -0.2) is 0 Å². The van der Waals surface area contributed by atoms with E-state index in [1.165, 1.54) is 29.2 Å². The molecule has 31 heteroatoms. The number of carboxylic acids is 1. The van der Waals surface area contributed by atoms with E-state index in [0.29, 0.717) is 18.4 Å². The third-order valence-corrected chi connectivity index (χ3v) is 14.0. The van der Waals surface area contributed by atoms with Crippen molar-refractivity contribution >= 4 is 98.5 Å². The molecule has 21 N–H and O–H groups in total. The smallest absolute Gasteiger partial charge is 0.300 e. The highest BCUT2D eigenvalue weighted by Gasteiger charge is 2.41. The number of carbonyl (C=O) groups excluding carboxylic acids is 11. The lowest BCUT2D eigenvalue weighted by molar-refractivity contribution is -0.142. The van der Waals surface area contributed by atoms with Crippen LogP contribution in [0, 0.1) is 5.92 Å². The summed E-state index contributed by atoms with van der Waals surface area (Å²) in [5.41, 5.74) is 33.7. The van der Waals surface area contributed by atoms with Crippen LogP contribution in [0.15, 0.2) is 29.3 Å². The molecule has 2 aliphatic heterocycles. The molecule has 0 aromatic heterocycles. The maximum Gasteiger partial charge on any atom is 0.300 e. The number of hydrogen-bond donors (Lipinski definition) is 15. The Morgan fingerprint density at radius 2 is 1.39 bits per heavy atom. The van der Waals surface area contributed by atoms with Crippen LogP contribution >= 0.6 is 21.6 Å². The van der Waals surface area contributed by atoms with Crippen LogP contribution in [0.3, 0.4) is 0 Å². The summed E-state index contributed by atoms with van der Waals surface area (Å²) in [6.45, 7) is 4.03. The number of carbonyl (C=O) groups is 12. The molecule has 1 aromatic carbocycles. The van der Waals surface area contributed by atoms with E-state index in [-0.39, 0.29) is 62.0 Å². The van der Waals surface area contributed by atoms with Crippen LogP contribution < -0.4 is 71.6 Å². The number of hydrogen-bond acceptors (Lipinski definition) is 17. The predicted molar refractivity (Wildman–Crippen MR) is 278 cm³/mol. The highest BCUT2D eigenvalue weighted by Crippen LogP contribution is 2.26. The Bertz CT molecular complexity index is 2270. The molecule has 9 atom stereocenters. The summed E-state index contributed by atoms with van der Waals surface area (Å²) in [6, 6.07) is -5.40. The maximum atomic E-state index is 14.5. The molecule has 0 radical (unpaired) electrons. The van der Waals surface area contributed by atoms with E-state index in [1.54, 1.807) is 13.8 Å². The number of guanidine groups is 1. The van der Waals surface area contributed by atoms with Crippen molar-refractivity contribution in [2.45, 2.75) is 127 Å². The molecule has 29 nitrogen and oxygen atoms in total. The third-order valence-electron chi connectivity index (χ3n) is 11.5. The van der Waals surface area contributed by atoms with Crippen LogP contribution in [-0.4, -0.2) is 171 Å². The van der Waals surface area contributed by atoms with Crippen molar-refractivity contribution in [1.82, 2.24) is 42.1 Å². The normalized spacial score (nSPS) is 22.7. The summed E-state index contributed by atoms with van der Waals surface area (Å²) in [7, 11) is 2.00. The summed E-state index contributed by atoms with van der Waals surface area (Å²) in [5.74, 6) is -11.8. The quantitative estimate of drug-likeness (QED) is 0.0266. The molecule has 2 heterocycles. The fourth-order valence-electron chi connectivity index (χ4n) is 7.41. The SMILES string of the molecule is CC(=O)O.CC[C@@H](C)[C@@H]1NC(=O)C(Cc2ccc(O)cc2)NC(=O)[C@@H](N)CSSC[C@@H](C(=O)N2CCC[C@H]2C(=O)N[C@@H](CCCN=C(N)N)C(=O)NCC(N)=O)NC(=O)C(CC(N)=O)NC(=O)[C@H](CCC(N)=O)NC1=O. The Kier molecular flexibility index (Phi) is 27.9. The fourth-order valence-corrected chi connectivity index (χ4v) is 9.69. The summed E-state index contributed by atoms with van der Waals surface area (Å²) in [6.07, 6.45) is -0.813. The van der Waals surface area contributed by atoms with Gasteiger partial charge < -0.3 is 86.7 Å². The zero-order valence-electron chi connectivity index (χ0n) is 42.4. The number of phenolic OH excluding ortho intramolecular Hbond substituents is 1. The van der Waals surface area contributed by atoms with Crippen LogP contribution in [0.4, 0.5) is 0 Å². The number of benzene rings is 1. The first-order valence-electron chi connectivity index (χ1n) is 24.0. The average molecular weight is 1110 g/mol. The standard InChI is InChI=1S/C43H67N15O12S2.C2H4O2/c1-3-21(2)34-41(69)53-26(12-13-31(45)60)37(65)55-28(17-32(46)61)38(66)56-29(20-72-71-19-24(44)35(63)54-27(39(67)57-34)16-22-8-10-23(59)11-9-22)42(70)58-15-5-7-30(58)40(68)52-25(6-4-14-50-43(48)49)36(64)51-18-33(47)62;1-2(3)4/h8-11,21,24-30,34,59H,3-7,12-20,44H2,1-2H3,(H2,45,60)(H2,46,61)(H2,47,62)(H,51,64)(H,52,68)(H,53,69)(H,54,63)(H,55,65)(H,56,66)(H,57,67)(H4,48,49,50);1H3,(H,3,4)/t21-,24+,25+,26+,27?,28?,29+,30+,34+;/m1./s1. The van der Waals surface area contributed by atoms with Gasteiger partial charge in [-0.05, 0) is 55.7 Å². The lowest BCUT2D eigenvalue weighted by Crippen LogP contribution is -2.61. The minimum atomic E-state index is -1.78. The first kappa shape index (κ1) is 64.7. The summed E-state index contributed by atoms with van der Waals surface area (Å²) in [4.78, 5) is 161. The summed E-state index contributed by atoms with van der Waals surface area (Å²) < 4.78 is 0. The Labute approximate surface area is 445 Å². The van der Waals surface area contributed by atoms with E-state index in [0.717, 1.165) is 28.5 Å². The number of aliphatic imine (C=N–C) groups is 1. The second kappa shape index (κ2) is 32.8. The first-order valence-corrected chi connectivity index (χ1v) is 26.5. The molecular formula is C45H71N15O14S2. The predicted octanol–water partition coefficient (Wildman–Crippen LogP) is -5.51. The van der Waals surface area contributed by atoms with E-state index < -0.39 is 151 Å². The van der Waals surface area contributed by atoms with Gasteiger partial charge in [0, 0.05) is 44.4 Å². The van der Waals surface area contributed by atoms with Gasteiger partial charge in [-0.2, -0.15) is 0 Å². The van der Waals surface area contributed by atoms with Gasteiger partial charge in [0.15, 0.2) is 5.96 Å². The molecular weight excluding hydrogens is 1040 g/mol. The topological polar surface area (TPSA) is 501 Å². The molecule has 0 spiro atoms. The Hall–Kier alpha value is -7.41. The molecule has 2 unspecified atom stereocenters. The van der Waals surface area contributed by atoms with Gasteiger partial charge in [0.25, 0.3) is 5.97 Å². The zero-order chi connectivity index (χ0) is 57.2. The maximum absolute atomic E-state index is 14.5. The van der Waals surface area contributed by atoms with Gasteiger partial charge in [0.2, 0.25) is 65.0 Å². The van der Waals surface area contributed by atoms with Crippen LogP contribution in [0.2, 0.25) is 0 Å². The van der Waals surface area contributed by atoms with Crippen LogP contribution in [0.5, 0.6) is 5.75 Å². The molecule has 3 rings (SSSR count). The van der Waals surface area contributed by atoms with Crippen LogP contribution in [-0.2, 0) is 64.0 Å². The Morgan fingerprint density at radius 1 is 0.803 bits per heavy atom.